The van der Waals surface area contributed by atoms with E-state index in [0.29, 0.717) is 34.6 Å². The number of amidine groups is 1. The van der Waals surface area contributed by atoms with Crippen molar-refractivity contribution in [2.75, 3.05) is 57.3 Å². The third-order valence-electron chi connectivity index (χ3n) is 6.87. The maximum Gasteiger partial charge on any atom is 0.227 e. The summed E-state index contributed by atoms with van der Waals surface area (Å²) < 4.78 is 7.82. The van der Waals surface area contributed by atoms with Crippen LogP contribution in [0, 0.1) is 0 Å². The second-order valence-electron chi connectivity index (χ2n) is 10.8. The van der Waals surface area contributed by atoms with E-state index in [-0.39, 0.29) is 0 Å². The normalized spacial score (nSPS) is 14.2. The number of oxime groups is 1. The Morgan fingerprint density at radius 3 is 2.60 bits per heavy atom. The quantitative estimate of drug-likeness (QED) is 0.269. The number of para-hydroxylation sites is 1. The van der Waals surface area contributed by atoms with Gasteiger partial charge in [0.15, 0.2) is 5.84 Å². The minimum absolute atomic E-state index is 0.400. The van der Waals surface area contributed by atoms with Gasteiger partial charge in [-0.1, -0.05) is 23.4 Å². The molecule has 0 radical (unpaired) electrons. The number of methoxy groups -OCH3 is 1. The van der Waals surface area contributed by atoms with Crippen molar-refractivity contribution in [2.24, 2.45) is 12.2 Å². The van der Waals surface area contributed by atoms with E-state index in [1.54, 1.807) is 13.3 Å². The summed E-state index contributed by atoms with van der Waals surface area (Å²) in [6.45, 7) is 5.55. The molecule has 0 aliphatic carbocycles. The zero-order valence-corrected chi connectivity index (χ0v) is 24.1. The molecule has 11 heteroatoms. The number of likely N-dealkylation sites (N-methyl/N-ethyl adjacent to an activating group) is 2. The number of aromatic nitrogens is 3. The molecule has 1 aliphatic rings. The van der Waals surface area contributed by atoms with Crippen molar-refractivity contribution in [1.82, 2.24) is 24.8 Å². The molecule has 0 unspecified atom stereocenters. The van der Waals surface area contributed by atoms with Crippen molar-refractivity contribution in [2.45, 2.75) is 19.6 Å². The Morgan fingerprint density at radius 2 is 1.90 bits per heavy atom. The molecule has 3 heterocycles. The number of fused-ring (bicyclic) bond motifs is 1. The maximum absolute atomic E-state index is 6.49. The van der Waals surface area contributed by atoms with E-state index >= 15 is 0 Å². The number of nitrogens with zero attached hydrogens (tertiary/aromatic N) is 6. The van der Waals surface area contributed by atoms with Crippen LogP contribution < -0.4 is 26.0 Å². The summed E-state index contributed by atoms with van der Waals surface area (Å²) in [5, 5.41) is 12.0. The topological polar surface area (TPSA) is 118 Å². The lowest BCUT2D eigenvalue weighted by Crippen LogP contribution is -2.39. The SMILES string of the molecule is COc1cc(N(C)CCN(C)C)c(N)cc1Nc1ncc(C2=NOC(C)(C)N2)c(-c2cn(C)c3ccccc23)n1. The largest absolute Gasteiger partial charge is 0.494 e. The average molecular weight is 544 g/mol. The number of hydrogen-bond donors (Lipinski definition) is 3. The Bertz CT molecular complexity index is 1580. The lowest BCUT2D eigenvalue weighted by Gasteiger charge is -2.24. The number of aryl methyl sites for hydroxylation is 1. The van der Waals surface area contributed by atoms with E-state index in [9.17, 15) is 0 Å². The fraction of sp³-hybridized carbons (Fsp3) is 0.345. The summed E-state index contributed by atoms with van der Waals surface area (Å²) in [6.07, 6.45) is 3.82. The number of anilines is 4. The highest BCUT2D eigenvalue weighted by Crippen LogP contribution is 2.37. The van der Waals surface area contributed by atoms with Crippen molar-refractivity contribution >= 4 is 39.7 Å². The first-order valence-corrected chi connectivity index (χ1v) is 13.1. The van der Waals surface area contributed by atoms with E-state index in [1.807, 2.05) is 66.3 Å². The molecule has 4 N–H and O–H groups in total. The molecule has 5 rings (SSSR count). The zero-order valence-electron chi connectivity index (χ0n) is 24.1. The molecule has 11 nitrogen and oxygen atoms in total. The van der Waals surface area contributed by atoms with Gasteiger partial charge in [0.25, 0.3) is 0 Å². The summed E-state index contributed by atoms with van der Waals surface area (Å²) in [6, 6.07) is 12.0. The van der Waals surface area contributed by atoms with Gasteiger partial charge in [-0.25, -0.2) is 9.97 Å². The van der Waals surface area contributed by atoms with Crippen LogP contribution in [0.2, 0.25) is 0 Å². The lowest BCUT2D eigenvalue weighted by atomic mass is 10.1. The second kappa shape index (κ2) is 10.6. The zero-order chi connectivity index (χ0) is 28.6. The predicted octanol–water partition coefficient (Wildman–Crippen LogP) is 3.99. The minimum Gasteiger partial charge on any atom is -0.494 e. The van der Waals surface area contributed by atoms with Crippen LogP contribution in [0.5, 0.6) is 5.75 Å². The van der Waals surface area contributed by atoms with E-state index in [2.05, 4.69) is 53.5 Å². The van der Waals surface area contributed by atoms with Gasteiger partial charge >= 0.3 is 0 Å². The average Bonchev–Trinajstić information content (AvgIpc) is 3.46. The van der Waals surface area contributed by atoms with Crippen LogP contribution in [0.25, 0.3) is 22.2 Å². The predicted molar refractivity (Wildman–Crippen MR) is 161 cm³/mol. The fourth-order valence-electron chi connectivity index (χ4n) is 4.73. The molecule has 40 heavy (non-hydrogen) atoms. The number of nitrogens with one attached hydrogen (secondary N) is 2. The molecule has 210 valence electrons. The van der Waals surface area contributed by atoms with E-state index in [1.165, 1.54) is 0 Å². The molecule has 0 saturated heterocycles. The van der Waals surface area contributed by atoms with Crippen LogP contribution in [0.15, 0.2) is 53.9 Å². The number of ether oxygens (including phenoxy) is 1. The monoisotopic (exact) mass is 543 g/mol. The molecule has 0 spiro atoms. The van der Waals surface area contributed by atoms with Crippen molar-refractivity contribution in [3.63, 3.8) is 0 Å². The van der Waals surface area contributed by atoms with Gasteiger partial charge < -0.3 is 40.3 Å². The van der Waals surface area contributed by atoms with Gasteiger partial charge in [-0.15, -0.1) is 0 Å². The molecule has 0 bridgehead atoms. The Hall–Kier alpha value is -4.51. The van der Waals surface area contributed by atoms with E-state index in [0.717, 1.165) is 40.8 Å². The summed E-state index contributed by atoms with van der Waals surface area (Å²) in [5.41, 5.74) is 11.5. The van der Waals surface area contributed by atoms with Gasteiger partial charge in [-0.3, -0.25) is 0 Å². The Labute approximate surface area is 234 Å². The number of benzene rings is 2. The van der Waals surface area contributed by atoms with E-state index in [4.69, 9.17) is 20.3 Å². The molecule has 0 fully saturated rings. The van der Waals surface area contributed by atoms with Crippen molar-refractivity contribution < 1.29 is 9.57 Å². The highest BCUT2D eigenvalue weighted by Gasteiger charge is 2.31. The van der Waals surface area contributed by atoms with Crippen molar-refractivity contribution in [3.8, 4) is 17.0 Å². The fourth-order valence-corrected chi connectivity index (χ4v) is 4.73. The van der Waals surface area contributed by atoms with Gasteiger partial charge in [0.05, 0.1) is 35.4 Å². The van der Waals surface area contributed by atoms with Crippen molar-refractivity contribution in [3.05, 3.63) is 54.4 Å². The van der Waals surface area contributed by atoms with Crippen LogP contribution in [0.1, 0.15) is 19.4 Å². The Morgan fingerprint density at radius 1 is 1.12 bits per heavy atom. The molecule has 4 aromatic rings. The van der Waals surface area contributed by atoms with Crippen LogP contribution in [0.3, 0.4) is 0 Å². The molecule has 0 amide bonds. The standard InChI is InChI=1S/C29H37N9O2/c1-29(2)34-27(35-40-29)19-16-31-28(33-26(19)20-17-38(6)23-11-9-8-10-18(20)23)32-22-14-21(30)24(15-25(22)39-7)37(5)13-12-36(3)4/h8-11,14-17H,12-13,30H2,1-7H3,(H,34,35)(H,31,32,33). The third kappa shape index (κ3) is 5.32. The summed E-state index contributed by atoms with van der Waals surface area (Å²) in [5.74, 6) is 1.61. The van der Waals surface area contributed by atoms with Crippen LogP contribution in [-0.2, 0) is 11.9 Å². The highest BCUT2D eigenvalue weighted by atomic mass is 16.7. The lowest BCUT2D eigenvalue weighted by molar-refractivity contribution is -0.00234. The molecule has 2 aromatic carbocycles. The summed E-state index contributed by atoms with van der Waals surface area (Å²) in [7, 11) is 9.77. The number of hydrogen-bond acceptors (Lipinski definition) is 10. The molecule has 0 atom stereocenters. The minimum atomic E-state index is -0.630. The maximum atomic E-state index is 6.49. The molecule has 1 aliphatic heterocycles. The van der Waals surface area contributed by atoms with Crippen LogP contribution >= 0.6 is 0 Å². The first kappa shape index (κ1) is 27.1. The van der Waals surface area contributed by atoms with Gasteiger partial charge in [0.1, 0.15) is 5.75 Å². The number of nitrogen functional groups attached to an aromatic ring is 1. The number of nitrogens with two attached hydrogens (primary N) is 1. The molecule has 0 saturated carbocycles. The molecular formula is C29H37N9O2. The van der Waals surface area contributed by atoms with Crippen molar-refractivity contribution in [1.29, 1.82) is 0 Å². The first-order chi connectivity index (χ1) is 19.1. The smallest absolute Gasteiger partial charge is 0.227 e. The molecular weight excluding hydrogens is 506 g/mol. The molecule has 2 aromatic heterocycles. The van der Waals surface area contributed by atoms with Crippen LogP contribution in [0.4, 0.5) is 23.0 Å². The Balaban J connectivity index is 1.55. The van der Waals surface area contributed by atoms with Crippen LogP contribution in [-0.4, -0.2) is 72.3 Å². The van der Waals surface area contributed by atoms with E-state index < -0.39 is 5.72 Å². The van der Waals surface area contributed by atoms with Gasteiger partial charge in [0, 0.05) is 62.1 Å². The van der Waals surface area contributed by atoms with Gasteiger partial charge in [-0.05, 0) is 40.1 Å². The second-order valence-corrected chi connectivity index (χ2v) is 10.8. The summed E-state index contributed by atoms with van der Waals surface area (Å²) in [4.78, 5) is 19.4. The summed E-state index contributed by atoms with van der Waals surface area (Å²) >= 11 is 0. The van der Waals surface area contributed by atoms with Gasteiger partial charge in [0.2, 0.25) is 11.7 Å². The first-order valence-electron chi connectivity index (χ1n) is 13.1. The highest BCUT2D eigenvalue weighted by molar-refractivity contribution is 6.07. The van der Waals surface area contributed by atoms with Gasteiger partial charge in [-0.2, -0.15) is 0 Å². The Kier molecular flexibility index (Phi) is 7.16. The number of rotatable bonds is 9. The third-order valence-corrected chi connectivity index (χ3v) is 6.87.